The number of aliphatic carboxylic acids is 1. The Hall–Kier alpha value is -0.830. The van der Waals surface area contributed by atoms with Crippen LogP contribution in [0.4, 0.5) is 0 Å². The van der Waals surface area contributed by atoms with E-state index in [1.54, 1.807) is 6.92 Å². The smallest absolute Gasteiger partial charge is 0.307 e. The van der Waals surface area contributed by atoms with Crippen LogP contribution in [0.2, 0.25) is 0 Å². The second-order valence-electron chi connectivity index (χ2n) is 4.45. The maximum absolute atomic E-state index is 10.8. The van der Waals surface area contributed by atoms with Gasteiger partial charge in [0.1, 0.15) is 0 Å². The third kappa shape index (κ3) is 1.48. The number of aliphatic hydroxyl groups excluding tert-OH is 1. The van der Waals surface area contributed by atoms with E-state index >= 15 is 0 Å². The summed E-state index contributed by atoms with van der Waals surface area (Å²) in [6, 6.07) is 0. The number of aliphatic hydroxyl groups is 1. The van der Waals surface area contributed by atoms with Crippen LogP contribution >= 0.6 is 0 Å². The Bertz CT molecular complexity index is 255. The van der Waals surface area contributed by atoms with Crippen molar-refractivity contribution in [2.24, 2.45) is 17.3 Å². The Morgan fingerprint density at radius 1 is 1.54 bits per heavy atom. The Labute approximate surface area is 78.1 Å². The van der Waals surface area contributed by atoms with E-state index < -0.39 is 18.0 Å². The van der Waals surface area contributed by atoms with Gasteiger partial charge in [0, 0.05) is 5.92 Å². The van der Waals surface area contributed by atoms with Gasteiger partial charge in [0.15, 0.2) is 0 Å². The fraction of sp³-hybridized carbons (Fsp3) is 0.700. The molecule has 0 radical (unpaired) electrons. The lowest BCUT2D eigenvalue weighted by Gasteiger charge is -2.10. The molecule has 1 fully saturated rings. The van der Waals surface area contributed by atoms with Gasteiger partial charge < -0.3 is 10.2 Å². The van der Waals surface area contributed by atoms with Crippen LogP contribution in [0.15, 0.2) is 12.2 Å². The van der Waals surface area contributed by atoms with Crippen LogP contribution < -0.4 is 0 Å². The molecule has 2 N–H and O–H groups in total. The first kappa shape index (κ1) is 10.3. The van der Waals surface area contributed by atoms with Gasteiger partial charge in [-0.2, -0.15) is 0 Å². The predicted molar refractivity (Wildman–Crippen MR) is 49.2 cm³/mol. The summed E-state index contributed by atoms with van der Waals surface area (Å²) in [5, 5.41) is 18.5. The highest BCUT2D eigenvalue weighted by atomic mass is 16.4. The quantitative estimate of drug-likeness (QED) is 0.649. The SMILES string of the molecule is C=C(C)C(O)C1C(C(=O)O)C1(C)C. The van der Waals surface area contributed by atoms with Gasteiger partial charge in [0.25, 0.3) is 0 Å². The molecular formula is C10H16O3. The van der Waals surface area contributed by atoms with Crippen LogP contribution in [0.3, 0.4) is 0 Å². The Morgan fingerprint density at radius 3 is 2.23 bits per heavy atom. The van der Waals surface area contributed by atoms with E-state index in [1.165, 1.54) is 0 Å². The van der Waals surface area contributed by atoms with E-state index in [2.05, 4.69) is 6.58 Å². The van der Waals surface area contributed by atoms with Crippen molar-refractivity contribution in [2.75, 3.05) is 0 Å². The molecule has 0 aliphatic heterocycles. The normalized spacial score (nSPS) is 32.3. The second-order valence-corrected chi connectivity index (χ2v) is 4.45. The minimum absolute atomic E-state index is 0.178. The van der Waals surface area contributed by atoms with Gasteiger partial charge in [-0.3, -0.25) is 4.79 Å². The molecule has 1 saturated carbocycles. The third-order valence-corrected chi connectivity index (χ3v) is 3.02. The average Bonchev–Trinajstić information content (AvgIpc) is 2.51. The summed E-state index contributed by atoms with van der Waals surface area (Å²) in [6.07, 6.45) is -0.684. The van der Waals surface area contributed by atoms with Crippen molar-refractivity contribution in [3.05, 3.63) is 12.2 Å². The fourth-order valence-electron chi connectivity index (χ4n) is 2.05. The molecule has 3 unspecified atom stereocenters. The summed E-state index contributed by atoms with van der Waals surface area (Å²) in [5.41, 5.74) is 0.339. The zero-order valence-electron chi connectivity index (χ0n) is 8.24. The first-order valence-corrected chi connectivity index (χ1v) is 4.36. The summed E-state index contributed by atoms with van der Waals surface area (Å²) in [5.74, 6) is -1.43. The molecular weight excluding hydrogens is 168 g/mol. The van der Waals surface area contributed by atoms with Crippen molar-refractivity contribution in [3.8, 4) is 0 Å². The van der Waals surface area contributed by atoms with Crippen molar-refractivity contribution in [3.63, 3.8) is 0 Å². The van der Waals surface area contributed by atoms with Crippen LogP contribution in [-0.2, 0) is 4.79 Å². The maximum atomic E-state index is 10.8. The minimum atomic E-state index is -0.824. The maximum Gasteiger partial charge on any atom is 0.307 e. The highest BCUT2D eigenvalue weighted by molar-refractivity contribution is 5.75. The molecule has 3 atom stereocenters. The summed E-state index contributed by atoms with van der Waals surface area (Å²) in [4.78, 5) is 10.8. The van der Waals surface area contributed by atoms with E-state index in [0.29, 0.717) is 5.57 Å². The fourth-order valence-corrected chi connectivity index (χ4v) is 2.05. The van der Waals surface area contributed by atoms with Crippen LogP contribution in [0.1, 0.15) is 20.8 Å². The summed E-state index contributed by atoms with van der Waals surface area (Å²) in [7, 11) is 0. The molecule has 0 aromatic rings. The van der Waals surface area contributed by atoms with Crippen LogP contribution in [0, 0.1) is 17.3 Å². The first-order chi connectivity index (χ1) is 5.80. The number of hydrogen-bond acceptors (Lipinski definition) is 2. The summed E-state index contributed by atoms with van der Waals surface area (Å²) in [6.45, 7) is 9.08. The van der Waals surface area contributed by atoms with Gasteiger partial charge in [-0.25, -0.2) is 0 Å². The molecule has 0 saturated heterocycles. The Balaban J connectivity index is 2.76. The molecule has 3 heteroatoms. The second kappa shape index (κ2) is 2.84. The number of carboxylic acids is 1. The molecule has 0 bridgehead atoms. The van der Waals surface area contributed by atoms with E-state index in [1.807, 2.05) is 13.8 Å². The highest BCUT2D eigenvalue weighted by Crippen LogP contribution is 2.60. The number of hydrogen-bond donors (Lipinski definition) is 2. The van der Waals surface area contributed by atoms with E-state index in [-0.39, 0.29) is 11.3 Å². The van der Waals surface area contributed by atoms with Gasteiger partial charge in [0.05, 0.1) is 12.0 Å². The molecule has 1 aliphatic rings. The molecule has 13 heavy (non-hydrogen) atoms. The highest BCUT2D eigenvalue weighted by Gasteiger charge is 2.64. The van der Waals surface area contributed by atoms with Gasteiger partial charge >= 0.3 is 5.97 Å². The van der Waals surface area contributed by atoms with Gasteiger partial charge in [-0.1, -0.05) is 26.0 Å². The van der Waals surface area contributed by atoms with Crippen molar-refractivity contribution < 1.29 is 15.0 Å². The van der Waals surface area contributed by atoms with Crippen molar-refractivity contribution in [2.45, 2.75) is 26.9 Å². The van der Waals surface area contributed by atoms with Gasteiger partial charge in [0.2, 0.25) is 0 Å². The van der Waals surface area contributed by atoms with Crippen molar-refractivity contribution >= 4 is 5.97 Å². The minimum Gasteiger partial charge on any atom is -0.481 e. The number of rotatable bonds is 3. The largest absolute Gasteiger partial charge is 0.481 e. The molecule has 1 aliphatic carbocycles. The number of carbonyl (C=O) groups is 1. The topological polar surface area (TPSA) is 57.5 Å². The van der Waals surface area contributed by atoms with Crippen molar-refractivity contribution in [1.82, 2.24) is 0 Å². The average molecular weight is 184 g/mol. The Kier molecular flexibility index (Phi) is 2.24. The summed E-state index contributed by atoms with van der Waals surface area (Å²) >= 11 is 0. The molecule has 0 amide bonds. The molecule has 74 valence electrons. The predicted octanol–water partition coefficient (Wildman–Crippen LogP) is 1.28. The monoisotopic (exact) mass is 184 g/mol. The summed E-state index contributed by atoms with van der Waals surface area (Å²) < 4.78 is 0. The van der Waals surface area contributed by atoms with Crippen molar-refractivity contribution in [1.29, 1.82) is 0 Å². The zero-order valence-corrected chi connectivity index (χ0v) is 8.24. The lowest BCUT2D eigenvalue weighted by molar-refractivity contribution is -0.139. The molecule has 0 aromatic carbocycles. The van der Waals surface area contributed by atoms with Crippen LogP contribution in [-0.4, -0.2) is 22.3 Å². The molecule has 0 heterocycles. The standard InChI is InChI=1S/C10H16O3/c1-5(2)8(11)6-7(9(12)13)10(6,3)4/h6-8,11H,1H2,2-4H3,(H,12,13). The Morgan fingerprint density at radius 2 is 2.00 bits per heavy atom. The number of carboxylic acid groups (broad SMARTS) is 1. The van der Waals surface area contributed by atoms with Crippen LogP contribution in [0.5, 0.6) is 0 Å². The third-order valence-electron chi connectivity index (χ3n) is 3.02. The molecule has 0 spiro atoms. The lowest BCUT2D eigenvalue weighted by Crippen LogP contribution is -2.15. The van der Waals surface area contributed by atoms with Crippen LogP contribution in [0.25, 0.3) is 0 Å². The zero-order chi connectivity index (χ0) is 10.4. The van der Waals surface area contributed by atoms with Gasteiger partial charge in [-0.05, 0) is 12.3 Å². The molecule has 0 aromatic heterocycles. The lowest BCUT2D eigenvalue weighted by atomic mass is 10.0. The molecule has 3 nitrogen and oxygen atoms in total. The molecule has 1 rings (SSSR count). The van der Waals surface area contributed by atoms with E-state index in [9.17, 15) is 9.90 Å². The van der Waals surface area contributed by atoms with E-state index in [4.69, 9.17) is 5.11 Å². The van der Waals surface area contributed by atoms with E-state index in [0.717, 1.165) is 0 Å². The first-order valence-electron chi connectivity index (χ1n) is 4.36. The van der Waals surface area contributed by atoms with Gasteiger partial charge in [-0.15, -0.1) is 0 Å².